The van der Waals surface area contributed by atoms with Gasteiger partial charge in [-0.15, -0.1) is 0 Å². The van der Waals surface area contributed by atoms with E-state index in [0.29, 0.717) is 11.7 Å². The molecule has 18 heavy (non-hydrogen) atoms. The number of hydrogen-bond donors (Lipinski definition) is 0. The molecule has 1 aromatic rings. The summed E-state index contributed by atoms with van der Waals surface area (Å²) in [5.41, 5.74) is 2.83. The molecular formula is C15H19NOS. The highest BCUT2D eigenvalue weighted by Crippen LogP contribution is 2.38. The van der Waals surface area contributed by atoms with Crippen molar-refractivity contribution in [2.75, 3.05) is 25.1 Å². The summed E-state index contributed by atoms with van der Waals surface area (Å²) in [5.74, 6) is 3.05. The van der Waals surface area contributed by atoms with Gasteiger partial charge in [0.25, 0.3) is 0 Å². The largest absolute Gasteiger partial charge is 0.298 e. The van der Waals surface area contributed by atoms with Crippen LogP contribution in [0.25, 0.3) is 0 Å². The fourth-order valence-electron chi connectivity index (χ4n) is 2.95. The molecule has 0 aromatic heterocycles. The highest BCUT2D eigenvalue weighted by Gasteiger charge is 2.32. The zero-order valence-corrected chi connectivity index (χ0v) is 11.6. The van der Waals surface area contributed by atoms with Crippen LogP contribution in [0.3, 0.4) is 0 Å². The number of thioether (sulfide) groups is 1. The van der Waals surface area contributed by atoms with Crippen LogP contribution < -0.4 is 0 Å². The van der Waals surface area contributed by atoms with E-state index in [1.165, 1.54) is 11.1 Å². The third-order valence-electron chi connectivity index (χ3n) is 4.18. The van der Waals surface area contributed by atoms with E-state index in [9.17, 15) is 4.79 Å². The summed E-state index contributed by atoms with van der Waals surface area (Å²) in [6.45, 7) is 1.04. The fraction of sp³-hybridized carbons (Fsp3) is 0.533. The first-order valence-electron chi connectivity index (χ1n) is 6.64. The van der Waals surface area contributed by atoms with Gasteiger partial charge in [0.15, 0.2) is 5.78 Å². The van der Waals surface area contributed by atoms with Crippen LogP contribution in [-0.2, 0) is 11.2 Å². The number of rotatable bonds is 3. The van der Waals surface area contributed by atoms with Crippen molar-refractivity contribution in [3.63, 3.8) is 0 Å². The summed E-state index contributed by atoms with van der Waals surface area (Å²) in [6, 6.07) is 8.67. The summed E-state index contributed by atoms with van der Waals surface area (Å²) in [4.78, 5) is 14.6. The second-order valence-corrected chi connectivity index (χ2v) is 6.49. The smallest absolute Gasteiger partial charge is 0.151 e. The van der Waals surface area contributed by atoms with E-state index < -0.39 is 0 Å². The Morgan fingerprint density at radius 3 is 3.06 bits per heavy atom. The Morgan fingerprint density at radius 2 is 2.28 bits per heavy atom. The number of ketones is 1. The second kappa shape index (κ2) is 5.06. The third-order valence-corrected chi connectivity index (χ3v) is 5.20. The number of hydrogen-bond acceptors (Lipinski definition) is 3. The molecule has 0 radical (unpaired) electrons. The van der Waals surface area contributed by atoms with Crippen molar-refractivity contribution in [2.24, 2.45) is 0 Å². The van der Waals surface area contributed by atoms with Crippen molar-refractivity contribution in [3.05, 3.63) is 35.4 Å². The topological polar surface area (TPSA) is 20.3 Å². The van der Waals surface area contributed by atoms with E-state index in [1.807, 2.05) is 11.8 Å². The molecule has 1 aliphatic heterocycles. The Kier molecular flexibility index (Phi) is 3.44. The molecular weight excluding hydrogens is 242 g/mol. The summed E-state index contributed by atoms with van der Waals surface area (Å²) in [6.07, 6.45) is 1.82. The molecule has 1 aliphatic carbocycles. The minimum absolute atomic E-state index is 0.150. The van der Waals surface area contributed by atoms with Crippen molar-refractivity contribution in [3.8, 4) is 0 Å². The normalized spacial score (nSPS) is 27.4. The van der Waals surface area contributed by atoms with Crippen molar-refractivity contribution < 1.29 is 4.79 Å². The van der Waals surface area contributed by atoms with Crippen molar-refractivity contribution >= 4 is 17.5 Å². The Morgan fingerprint density at radius 1 is 1.44 bits per heavy atom. The number of carbonyl (C=O) groups excluding carboxylic acids is 1. The number of nitrogens with zero attached hydrogens (tertiary/aromatic N) is 1. The van der Waals surface area contributed by atoms with Crippen LogP contribution >= 0.6 is 11.8 Å². The first-order chi connectivity index (χ1) is 8.75. The summed E-state index contributed by atoms with van der Waals surface area (Å²) in [5, 5.41) is 0. The zero-order valence-electron chi connectivity index (χ0n) is 10.8. The zero-order chi connectivity index (χ0) is 12.5. The molecule has 0 N–H and O–H groups in total. The predicted molar refractivity (Wildman–Crippen MR) is 76.3 cm³/mol. The van der Waals surface area contributed by atoms with Gasteiger partial charge in [0.1, 0.15) is 0 Å². The van der Waals surface area contributed by atoms with Crippen molar-refractivity contribution in [2.45, 2.75) is 24.8 Å². The summed E-state index contributed by atoms with van der Waals surface area (Å²) in [7, 11) is 2.08. The number of carbonyl (C=O) groups is 1. The summed E-state index contributed by atoms with van der Waals surface area (Å²) >= 11 is 1.91. The van der Waals surface area contributed by atoms with Crippen LogP contribution in [0.5, 0.6) is 0 Å². The standard InChI is InChI=1S/C15H19NOS/c1-16-6-7-18-10-14(16)15(17)9-12-8-11-4-2-3-5-13(11)12/h2-5,12,14H,6-10H2,1H3. The van der Waals surface area contributed by atoms with E-state index in [0.717, 1.165) is 30.9 Å². The molecule has 0 bridgehead atoms. The minimum atomic E-state index is 0.150. The number of fused-ring (bicyclic) bond motifs is 1. The maximum absolute atomic E-state index is 12.4. The Hall–Kier alpha value is -0.800. The van der Waals surface area contributed by atoms with Gasteiger partial charge in [-0.3, -0.25) is 9.69 Å². The molecule has 96 valence electrons. The average molecular weight is 261 g/mol. The maximum Gasteiger partial charge on any atom is 0.151 e. The van der Waals surface area contributed by atoms with E-state index in [1.54, 1.807) is 0 Å². The number of likely N-dealkylation sites (N-methyl/N-ethyl adjacent to an activating group) is 1. The van der Waals surface area contributed by atoms with Gasteiger partial charge in [0.05, 0.1) is 6.04 Å². The highest BCUT2D eigenvalue weighted by atomic mass is 32.2. The number of benzene rings is 1. The van der Waals surface area contributed by atoms with E-state index in [-0.39, 0.29) is 6.04 Å². The van der Waals surface area contributed by atoms with Gasteiger partial charge in [0, 0.05) is 24.5 Å². The van der Waals surface area contributed by atoms with E-state index in [4.69, 9.17) is 0 Å². The Balaban J connectivity index is 1.63. The van der Waals surface area contributed by atoms with Crippen LogP contribution in [0.4, 0.5) is 0 Å². The first kappa shape index (κ1) is 12.2. The van der Waals surface area contributed by atoms with Crippen molar-refractivity contribution in [1.82, 2.24) is 4.90 Å². The lowest BCUT2D eigenvalue weighted by molar-refractivity contribution is -0.123. The van der Waals surface area contributed by atoms with E-state index in [2.05, 4.69) is 36.2 Å². The lowest BCUT2D eigenvalue weighted by Crippen LogP contribution is -2.45. The summed E-state index contributed by atoms with van der Waals surface area (Å²) < 4.78 is 0. The van der Waals surface area contributed by atoms with Crippen LogP contribution in [-0.4, -0.2) is 41.8 Å². The lowest BCUT2D eigenvalue weighted by Gasteiger charge is -2.34. The first-order valence-corrected chi connectivity index (χ1v) is 7.79. The predicted octanol–water partition coefficient (Wildman–Crippen LogP) is 2.33. The van der Waals surface area contributed by atoms with Gasteiger partial charge in [0.2, 0.25) is 0 Å². The average Bonchev–Trinajstić information content (AvgIpc) is 2.36. The number of Topliss-reactive ketones (excluding diaryl/α,β-unsaturated/α-hetero) is 1. The van der Waals surface area contributed by atoms with Crippen LogP contribution in [0.2, 0.25) is 0 Å². The van der Waals surface area contributed by atoms with Gasteiger partial charge in [-0.1, -0.05) is 24.3 Å². The minimum Gasteiger partial charge on any atom is -0.298 e. The van der Waals surface area contributed by atoms with Crippen LogP contribution in [0.1, 0.15) is 23.5 Å². The molecule has 0 amide bonds. The van der Waals surface area contributed by atoms with Gasteiger partial charge in [-0.2, -0.15) is 11.8 Å². The fourth-order valence-corrected chi connectivity index (χ4v) is 4.20. The van der Waals surface area contributed by atoms with Crippen molar-refractivity contribution in [1.29, 1.82) is 0 Å². The SMILES string of the molecule is CN1CCSCC1C(=O)CC1Cc2ccccc21. The van der Waals surface area contributed by atoms with Crippen LogP contribution in [0.15, 0.2) is 24.3 Å². The molecule has 1 fully saturated rings. The lowest BCUT2D eigenvalue weighted by atomic mass is 9.74. The molecule has 1 heterocycles. The molecule has 3 heteroatoms. The molecule has 2 unspecified atom stereocenters. The molecule has 1 aromatic carbocycles. The molecule has 0 spiro atoms. The third kappa shape index (κ3) is 2.21. The molecule has 2 nitrogen and oxygen atoms in total. The quantitative estimate of drug-likeness (QED) is 0.833. The monoisotopic (exact) mass is 261 g/mol. The molecule has 1 saturated heterocycles. The van der Waals surface area contributed by atoms with Gasteiger partial charge in [-0.25, -0.2) is 0 Å². The maximum atomic E-state index is 12.4. The Labute approximate surface area is 113 Å². The molecule has 2 atom stereocenters. The van der Waals surface area contributed by atoms with E-state index >= 15 is 0 Å². The van der Waals surface area contributed by atoms with Gasteiger partial charge < -0.3 is 0 Å². The molecule has 0 saturated carbocycles. The van der Waals surface area contributed by atoms with Crippen LogP contribution in [0, 0.1) is 0 Å². The van der Waals surface area contributed by atoms with Gasteiger partial charge in [-0.05, 0) is 30.5 Å². The van der Waals surface area contributed by atoms with Gasteiger partial charge >= 0.3 is 0 Å². The molecule has 3 rings (SSSR count). The molecule has 2 aliphatic rings. The Bertz CT molecular complexity index is 460. The second-order valence-electron chi connectivity index (χ2n) is 5.34. The highest BCUT2D eigenvalue weighted by molar-refractivity contribution is 7.99.